The second-order valence-corrected chi connectivity index (χ2v) is 10.5. The summed E-state index contributed by atoms with van der Waals surface area (Å²) in [5.74, 6) is -0.0573. The molecule has 1 unspecified atom stereocenters. The molecule has 2 aromatic carbocycles. The molecule has 1 aliphatic carbocycles. The number of rotatable bonds is 6. The lowest BCUT2D eigenvalue weighted by molar-refractivity contribution is -0.116. The van der Waals surface area contributed by atoms with Crippen molar-refractivity contribution in [3.05, 3.63) is 89.6 Å². The van der Waals surface area contributed by atoms with Gasteiger partial charge in [0, 0.05) is 30.4 Å². The first kappa shape index (κ1) is 26.1. The Morgan fingerprint density at radius 1 is 0.952 bits per heavy atom. The van der Waals surface area contributed by atoms with Gasteiger partial charge < -0.3 is 24.7 Å². The van der Waals surface area contributed by atoms with Gasteiger partial charge in [-0.15, -0.1) is 5.10 Å². The Morgan fingerprint density at radius 3 is 2.62 bits per heavy atom. The Hall–Kier alpha value is -4.83. The minimum Gasteiger partial charge on any atom is -0.402 e. The summed E-state index contributed by atoms with van der Waals surface area (Å²) in [6, 6.07) is 19.7. The molecule has 1 saturated heterocycles. The van der Waals surface area contributed by atoms with Gasteiger partial charge in [-0.05, 0) is 49.0 Å². The topological polar surface area (TPSA) is 118 Å². The predicted molar refractivity (Wildman–Crippen MR) is 162 cm³/mol. The molecule has 2 N–H and O–H groups in total. The Morgan fingerprint density at radius 2 is 1.79 bits per heavy atom. The van der Waals surface area contributed by atoms with Gasteiger partial charge in [-0.2, -0.15) is 0 Å². The van der Waals surface area contributed by atoms with Gasteiger partial charge >= 0.3 is 6.01 Å². The van der Waals surface area contributed by atoms with Gasteiger partial charge in [0.15, 0.2) is 5.69 Å². The summed E-state index contributed by atoms with van der Waals surface area (Å²) in [5.41, 5.74) is 7.09. The van der Waals surface area contributed by atoms with Crippen molar-refractivity contribution in [2.45, 2.75) is 31.8 Å². The van der Waals surface area contributed by atoms with Crippen LogP contribution in [0.4, 0.5) is 17.4 Å². The van der Waals surface area contributed by atoms with Crippen LogP contribution in [-0.2, 0) is 9.53 Å². The van der Waals surface area contributed by atoms with E-state index in [1.807, 2.05) is 60.8 Å². The predicted octanol–water partition coefficient (Wildman–Crippen LogP) is 5.15. The maximum Gasteiger partial charge on any atom is 0.317 e. The zero-order valence-corrected chi connectivity index (χ0v) is 23.1. The van der Waals surface area contributed by atoms with Crippen LogP contribution < -0.4 is 15.5 Å². The molecule has 3 aliphatic rings. The van der Waals surface area contributed by atoms with Gasteiger partial charge in [-0.1, -0.05) is 59.7 Å². The van der Waals surface area contributed by atoms with E-state index in [4.69, 9.17) is 19.1 Å². The van der Waals surface area contributed by atoms with E-state index < -0.39 is 6.17 Å². The van der Waals surface area contributed by atoms with Crippen LogP contribution >= 0.6 is 0 Å². The lowest BCUT2D eigenvalue weighted by Crippen LogP contribution is -2.36. The Labute approximate surface area is 243 Å². The highest BCUT2D eigenvalue weighted by atomic mass is 16.5. The number of aromatic nitrogens is 3. The molecule has 0 spiro atoms. The molecule has 10 nitrogen and oxygen atoms in total. The van der Waals surface area contributed by atoms with Crippen LogP contribution in [0.3, 0.4) is 0 Å². The molecule has 1 atom stereocenters. The molecule has 0 saturated carbocycles. The van der Waals surface area contributed by atoms with Crippen molar-refractivity contribution in [1.29, 1.82) is 0 Å². The molecule has 1 fully saturated rings. The summed E-state index contributed by atoms with van der Waals surface area (Å²) in [5, 5.41) is 14.6. The highest BCUT2D eigenvalue weighted by molar-refractivity contribution is 6.19. The van der Waals surface area contributed by atoms with Crippen molar-refractivity contribution in [3.8, 4) is 11.6 Å². The van der Waals surface area contributed by atoms with E-state index in [1.165, 1.54) is 18.4 Å². The molecule has 4 heterocycles. The van der Waals surface area contributed by atoms with E-state index in [2.05, 4.69) is 37.9 Å². The van der Waals surface area contributed by atoms with Gasteiger partial charge in [0.05, 0.1) is 30.3 Å². The minimum absolute atomic E-state index is 0.0843. The number of carbonyl (C=O) groups is 1. The van der Waals surface area contributed by atoms with Crippen molar-refractivity contribution in [2.75, 3.05) is 41.8 Å². The lowest BCUT2D eigenvalue weighted by Gasteiger charge is -2.30. The number of ether oxygens (including phenoxy) is 1. The Kier molecular flexibility index (Phi) is 7.19. The molecule has 4 aromatic rings. The number of amides is 1. The maximum atomic E-state index is 13.3. The quantitative estimate of drug-likeness (QED) is 0.332. The number of pyridine rings is 1. The second-order valence-electron chi connectivity index (χ2n) is 10.5. The number of aliphatic imine (C=N–C) groups is 1. The van der Waals surface area contributed by atoms with Gasteiger partial charge in [0.25, 0.3) is 11.8 Å². The SMILES string of the molecule is O=C1Nc2ccccc2C(c2ccccc2)=NC1Nc1nnc(-c2ncc(C3=CCCCC3)cc2N2CCOCC2)o1. The molecule has 2 aliphatic heterocycles. The summed E-state index contributed by atoms with van der Waals surface area (Å²) in [7, 11) is 0. The average Bonchev–Trinajstić information content (AvgIpc) is 3.47. The smallest absolute Gasteiger partial charge is 0.317 e. The van der Waals surface area contributed by atoms with Crippen LogP contribution in [-0.4, -0.2) is 59.3 Å². The average molecular weight is 562 g/mol. The summed E-state index contributed by atoms with van der Waals surface area (Å²) >= 11 is 0. The molecule has 2 aromatic heterocycles. The molecular weight excluding hydrogens is 530 g/mol. The number of allylic oxidation sites excluding steroid dienone is 2. The minimum atomic E-state index is -0.992. The van der Waals surface area contributed by atoms with Gasteiger partial charge in [-0.3, -0.25) is 4.79 Å². The zero-order valence-electron chi connectivity index (χ0n) is 23.1. The van der Waals surface area contributed by atoms with Crippen LogP contribution in [0.2, 0.25) is 0 Å². The number of benzodiazepines with no additional fused rings is 1. The third kappa shape index (κ3) is 5.28. The highest BCUT2D eigenvalue weighted by Gasteiger charge is 2.28. The number of para-hydroxylation sites is 1. The Balaban J connectivity index is 1.21. The van der Waals surface area contributed by atoms with Crippen molar-refractivity contribution >= 4 is 34.6 Å². The number of anilines is 3. The number of morpholine rings is 1. The fraction of sp³-hybridized carbons (Fsp3) is 0.281. The van der Waals surface area contributed by atoms with Crippen LogP contribution in [0, 0.1) is 0 Å². The van der Waals surface area contributed by atoms with Gasteiger partial charge in [-0.25, -0.2) is 9.98 Å². The second kappa shape index (κ2) is 11.6. The molecule has 10 heteroatoms. The molecule has 1 amide bonds. The lowest BCUT2D eigenvalue weighted by atomic mass is 9.94. The van der Waals surface area contributed by atoms with Crippen molar-refractivity contribution in [2.24, 2.45) is 4.99 Å². The fourth-order valence-electron chi connectivity index (χ4n) is 5.61. The molecule has 42 heavy (non-hydrogen) atoms. The number of carbonyl (C=O) groups excluding carboxylic acids is 1. The first-order valence-corrected chi connectivity index (χ1v) is 14.4. The third-order valence-corrected chi connectivity index (χ3v) is 7.76. The molecule has 0 bridgehead atoms. The number of nitrogens with one attached hydrogen (secondary N) is 2. The summed E-state index contributed by atoms with van der Waals surface area (Å²) in [4.78, 5) is 25.2. The number of fused-ring (bicyclic) bond motifs is 1. The monoisotopic (exact) mass is 561 g/mol. The first-order valence-electron chi connectivity index (χ1n) is 14.4. The first-order chi connectivity index (χ1) is 20.7. The number of nitrogens with zero attached hydrogens (tertiary/aromatic N) is 5. The van der Waals surface area contributed by atoms with E-state index in [0.29, 0.717) is 30.3 Å². The third-order valence-electron chi connectivity index (χ3n) is 7.76. The van der Waals surface area contributed by atoms with Crippen LogP contribution in [0.5, 0.6) is 0 Å². The van der Waals surface area contributed by atoms with Gasteiger partial charge in [0.1, 0.15) is 0 Å². The van der Waals surface area contributed by atoms with Crippen LogP contribution in [0.1, 0.15) is 42.4 Å². The summed E-state index contributed by atoms with van der Waals surface area (Å²) in [6.07, 6.45) is 7.78. The van der Waals surface area contributed by atoms with Crippen LogP contribution in [0.25, 0.3) is 17.2 Å². The molecule has 7 rings (SSSR count). The molecule has 212 valence electrons. The van der Waals surface area contributed by atoms with E-state index in [1.54, 1.807) is 0 Å². The normalized spacial score (nSPS) is 18.8. The largest absolute Gasteiger partial charge is 0.402 e. The maximum absolute atomic E-state index is 13.3. The number of hydrogen-bond acceptors (Lipinski definition) is 9. The van der Waals surface area contributed by atoms with Crippen molar-refractivity contribution < 1.29 is 13.9 Å². The van der Waals surface area contributed by atoms with Crippen molar-refractivity contribution in [1.82, 2.24) is 15.2 Å². The summed E-state index contributed by atoms with van der Waals surface area (Å²) in [6.45, 7) is 2.78. The van der Waals surface area contributed by atoms with Crippen molar-refractivity contribution in [3.63, 3.8) is 0 Å². The molecule has 0 radical (unpaired) electrons. The van der Waals surface area contributed by atoms with E-state index in [9.17, 15) is 4.79 Å². The van der Waals surface area contributed by atoms with Crippen LogP contribution in [0.15, 0.2) is 82.3 Å². The van der Waals surface area contributed by atoms with E-state index in [0.717, 1.165) is 48.3 Å². The molecular formula is C32H31N7O3. The summed E-state index contributed by atoms with van der Waals surface area (Å²) < 4.78 is 11.7. The fourth-order valence-corrected chi connectivity index (χ4v) is 5.61. The highest BCUT2D eigenvalue weighted by Crippen LogP contribution is 2.35. The Bertz CT molecular complexity index is 1660. The number of benzene rings is 2. The van der Waals surface area contributed by atoms with E-state index in [-0.39, 0.29) is 17.8 Å². The standard InChI is InChI=1S/C32H31N7O3/c40-30-29(35-27(22-11-5-2-6-12-22)24-13-7-8-14-25(24)34-30)36-32-38-37-31(42-32)28-26(39-15-17-41-18-16-39)19-23(20-33-28)21-9-3-1-4-10-21/h2,5-9,11-14,19-20,29H,1,3-4,10,15-18H2,(H,34,40)(H,36,38). The van der Waals surface area contributed by atoms with E-state index >= 15 is 0 Å². The van der Waals surface area contributed by atoms with Gasteiger partial charge in [0.2, 0.25) is 6.17 Å². The zero-order chi connectivity index (χ0) is 28.3. The number of hydrogen-bond donors (Lipinski definition) is 2.